The molecule has 29 heavy (non-hydrogen) atoms. The van der Waals surface area contributed by atoms with Crippen LogP contribution in [-0.4, -0.2) is 21.7 Å². The lowest BCUT2D eigenvalue weighted by Crippen LogP contribution is -2.20. The highest BCUT2D eigenvalue weighted by molar-refractivity contribution is 7.98. The number of nitrogens with one attached hydrogen (secondary N) is 1. The molecule has 3 aromatic carbocycles. The van der Waals surface area contributed by atoms with Crippen LogP contribution >= 0.6 is 11.8 Å². The third-order valence-corrected chi connectivity index (χ3v) is 5.26. The lowest BCUT2D eigenvalue weighted by molar-refractivity contribution is -0.116. The second-order valence-electron chi connectivity index (χ2n) is 6.48. The zero-order chi connectivity index (χ0) is 20.1. The third kappa shape index (κ3) is 4.60. The minimum Gasteiger partial charge on any atom is -0.486 e. The van der Waals surface area contributed by atoms with Gasteiger partial charge in [-0.2, -0.15) is 0 Å². The van der Waals surface area contributed by atoms with Gasteiger partial charge in [0.05, 0.1) is 11.0 Å². The molecule has 6 heteroatoms. The van der Waals surface area contributed by atoms with E-state index in [4.69, 9.17) is 4.74 Å². The highest BCUT2D eigenvalue weighted by Gasteiger charge is 2.14. The molecule has 1 heterocycles. The van der Waals surface area contributed by atoms with Crippen LogP contribution in [0.3, 0.4) is 0 Å². The first-order chi connectivity index (χ1) is 14.2. The predicted octanol–water partition coefficient (Wildman–Crippen LogP) is 4.98. The van der Waals surface area contributed by atoms with E-state index in [1.54, 1.807) is 11.8 Å². The second kappa shape index (κ2) is 8.84. The molecule has 0 saturated carbocycles. The molecular weight excluding hydrogens is 382 g/mol. The Hall–Kier alpha value is -3.25. The number of para-hydroxylation sites is 3. The molecule has 4 aromatic rings. The number of anilines is 1. The standard InChI is InChI=1S/C23H21N3O2S/c1-29-19-13-11-17(12-14-19)24-23(27)15-26-21-10-6-5-9-20(21)25-22(26)16-28-18-7-3-2-4-8-18/h2-14H,15-16H2,1H3,(H,24,27). The maximum absolute atomic E-state index is 12.7. The Kier molecular flexibility index (Phi) is 5.81. The maximum Gasteiger partial charge on any atom is 0.244 e. The summed E-state index contributed by atoms with van der Waals surface area (Å²) in [6.45, 7) is 0.451. The molecule has 5 nitrogen and oxygen atoms in total. The number of rotatable bonds is 7. The van der Waals surface area contributed by atoms with Gasteiger partial charge in [-0.15, -0.1) is 11.8 Å². The van der Waals surface area contributed by atoms with Gasteiger partial charge >= 0.3 is 0 Å². The summed E-state index contributed by atoms with van der Waals surface area (Å²) in [5.74, 6) is 1.37. The van der Waals surface area contributed by atoms with Crippen LogP contribution < -0.4 is 10.1 Å². The van der Waals surface area contributed by atoms with E-state index in [2.05, 4.69) is 10.3 Å². The number of ether oxygens (including phenoxy) is 1. The van der Waals surface area contributed by atoms with Gasteiger partial charge in [0.25, 0.3) is 0 Å². The summed E-state index contributed by atoms with van der Waals surface area (Å²) in [4.78, 5) is 18.5. The highest BCUT2D eigenvalue weighted by atomic mass is 32.2. The average molecular weight is 404 g/mol. The van der Waals surface area contributed by atoms with E-state index in [0.29, 0.717) is 5.82 Å². The number of hydrogen-bond donors (Lipinski definition) is 1. The number of imidazole rings is 1. The monoisotopic (exact) mass is 403 g/mol. The fourth-order valence-corrected chi connectivity index (χ4v) is 3.50. The topological polar surface area (TPSA) is 56.2 Å². The SMILES string of the molecule is CSc1ccc(NC(=O)Cn2c(COc3ccccc3)nc3ccccc32)cc1. The summed E-state index contributed by atoms with van der Waals surface area (Å²) in [5.41, 5.74) is 2.53. The van der Waals surface area contributed by atoms with Crippen molar-refractivity contribution >= 4 is 34.4 Å². The van der Waals surface area contributed by atoms with Crippen molar-refractivity contribution in [1.82, 2.24) is 9.55 Å². The summed E-state index contributed by atoms with van der Waals surface area (Å²) in [5, 5.41) is 2.96. The van der Waals surface area contributed by atoms with Crippen molar-refractivity contribution in [2.75, 3.05) is 11.6 Å². The van der Waals surface area contributed by atoms with Gasteiger partial charge in [-0.05, 0) is 54.8 Å². The Labute approximate surface area is 173 Å². The van der Waals surface area contributed by atoms with E-state index >= 15 is 0 Å². The van der Waals surface area contributed by atoms with Crippen molar-refractivity contribution in [3.63, 3.8) is 0 Å². The van der Waals surface area contributed by atoms with Crippen LogP contribution in [0.2, 0.25) is 0 Å². The molecule has 1 amide bonds. The van der Waals surface area contributed by atoms with Crippen molar-refractivity contribution in [2.24, 2.45) is 0 Å². The second-order valence-corrected chi connectivity index (χ2v) is 7.36. The van der Waals surface area contributed by atoms with Crippen molar-refractivity contribution in [2.45, 2.75) is 18.0 Å². The molecule has 0 aliphatic carbocycles. The van der Waals surface area contributed by atoms with Gasteiger partial charge in [-0.25, -0.2) is 4.98 Å². The molecule has 0 aliphatic rings. The van der Waals surface area contributed by atoms with E-state index in [1.165, 1.54) is 0 Å². The molecule has 0 spiro atoms. The number of benzene rings is 3. The molecule has 0 fully saturated rings. The van der Waals surface area contributed by atoms with Crippen molar-refractivity contribution in [3.05, 3.63) is 84.7 Å². The zero-order valence-electron chi connectivity index (χ0n) is 16.0. The summed E-state index contributed by atoms with van der Waals surface area (Å²) in [7, 11) is 0. The molecule has 1 N–H and O–H groups in total. The van der Waals surface area contributed by atoms with E-state index in [0.717, 1.165) is 27.4 Å². The molecule has 0 unspecified atom stereocenters. The van der Waals surface area contributed by atoms with Crippen molar-refractivity contribution in [3.8, 4) is 5.75 Å². The molecule has 0 atom stereocenters. The van der Waals surface area contributed by atoms with Crippen LogP contribution in [0.4, 0.5) is 5.69 Å². The van der Waals surface area contributed by atoms with Crippen LogP contribution in [0.5, 0.6) is 5.75 Å². The quantitative estimate of drug-likeness (QED) is 0.442. The van der Waals surface area contributed by atoms with Crippen LogP contribution in [-0.2, 0) is 17.9 Å². The minimum atomic E-state index is -0.106. The van der Waals surface area contributed by atoms with Crippen molar-refractivity contribution < 1.29 is 9.53 Å². The number of carbonyl (C=O) groups excluding carboxylic acids is 1. The lowest BCUT2D eigenvalue weighted by Gasteiger charge is -2.11. The van der Waals surface area contributed by atoms with Gasteiger partial charge in [-0.1, -0.05) is 30.3 Å². The van der Waals surface area contributed by atoms with E-state index < -0.39 is 0 Å². The molecule has 4 rings (SSSR count). The molecule has 0 aliphatic heterocycles. The number of thioether (sulfide) groups is 1. The van der Waals surface area contributed by atoms with E-state index in [1.807, 2.05) is 89.7 Å². The number of amides is 1. The number of nitrogens with zero attached hydrogens (tertiary/aromatic N) is 2. The number of hydrogen-bond acceptors (Lipinski definition) is 4. The summed E-state index contributed by atoms with van der Waals surface area (Å²) in [6, 6.07) is 25.2. The molecular formula is C23H21N3O2S. The first kappa shape index (κ1) is 19.1. The van der Waals surface area contributed by atoms with Crippen LogP contribution in [0, 0.1) is 0 Å². The zero-order valence-corrected chi connectivity index (χ0v) is 16.9. The van der Waals surface area contributed by atoms with Gasteiger partial charge in [0, 0.05) is 10.6 Å². The number of carbonyl (C=O) groups is 1. The first-order valence-corrected chi connectivity index (χ1v) is 10.5. The van der Waals surface area contributed by atoms with Crippen LogP contribution in [0.1, 0.15) is 5.82 Å². The highest BCUT2D eigenvalue weighted by Crippen LogP contribution is 2.20. The molecule has 146 valence electrons. The Morgan fingerprint density at radius 1 is 1.00 bits per heavy atom. The van der Waals surface area contributed by atoms with Crippen molar-refractivity contribution in [1.29, 1.82) is 0 Å². The predicted molar refractivity (Wildman–Crippen MR) is 117 cm³/mol. The largest absolute Gasteiger partial charge is 0.486 e. The van der Waals surface area contributed by atoms with E-state index in [9.17, 15) is 4.79 Å². The number of fused-ring (bicyclic) bond motifs is 1. The van der Waals surface area contributed by atoms with Gasteiger partial charge in [0.1, 0.15) is 24.7 Å². The Morgan fingerprint density at radius 2 is 1.72 bits per heavy atom. The summed E-state index contributed by atoms with van der Waals surface area (Å²) in [6.07, 6.45) is 2.02. The van der Waals surface area contributed by atoms with Crippen LogP contribution in [0.15, 0.2) is 83.8 Å². The molecule has 1 aromatic heterocycles. The molecule has 0 bridgehead atoms. The smallest absolute Gasteiger partial charge is 0.244 e. The van der Waals surface area contributed by atoms with E-state index in [-0.39, 0.29) is 19.1 Å². The van der Waals surface area contributed by atoms with Crippen LogP contribution in [0.25, 0.3) is 11.0 Å². The van der Waals surface area contributed by atoms with Gasteiger partial charge in [0.15, 0.2) is 0 Å². The normalized spacial score (nSPS) is 10.8. The molecule has 0 saturated heterocycles. The van der Waals surface area contributed by atoms with Gasteiger partial charge in [-0.3, -0.25) is 4.79 Å². The fraction of sp³-hybridized carbons (Fsp3) is 0.130. The number of aromatic nitrogens is 2. The first-order valence-electron chi connectivity index (χ1n) is 9.29. The summed E-state index contributed by atoms with van der Waals surface area (Å²) >= 11 is 1.67. The van der Waals surface area contributed by atoms with Gasteiger partial charge < -0.3 is 14.6 Å². The fourth-order valence-electron chi connectivity index (χ4n) is 3.10. The lowest BCUT2D eigenvalue weighted by atomic mass is 10.3. The Morgan fingerprint density at radius 3 is 2.48 bits per heavy atom. The Bertz CT molecular complexity index is 1110. The third-order valence-electron chi connectivity index (χ3n) is 4.52. The minimum absolute atomic E-state index is 0.106. The summed E-state index contributed by atoms with van der Waals surface area (Å²) < 4.78 is 7.78. The van der Waals surface area contributed by atoms with Gasteiger partial charge in [0.2, 0.25) is 5.91 Å². The Balaban J connectivity index is 1.53. The molecule has 0 radical (unpaired) electrons. The average Bonchev–Trinajstić information content (AvgIpc) is 3.11. The maximum atomic E-state index is 12.7.